The van der Waals surface area contributed by atoms with Crippen LogP contribution in [0.3, 0.4) is 0 Å². The van der Waals surface area contributed by atoms with Crippen LogP contribution in [0.4, 0.5) is 5.69 Å². The van der Waals surface area contributed by atoms with E-state index in [1.807, 2.05) is 61.5 Å². The van der Waals surface area contributed by atoms with Gasteiger partial charge in [-0.25, -0.2) is 0 Å². The Morgan fingerprint density at radius 1 is 0.955 bits per heavy atom. The highest BCUT2D eigenvalue weighted by Gasteiger charge is 2.16. The van der Waals surface area contributed by atoms with Gasteiger partial charge in [0.15, 0.2) is 5.69 Å². The molecule has 2 aromatic carbocycles. The summed E-state index contributed by atoms with van der Waals surface area (Å²) in [7, 11) is 0. The maximum absolute atomic E-state index is 12.3. The van der Waals surface area contributed by atoms with Crippen molar-refractivity contribution in [1.82, 2.24) is 15.0 Å². The molecule has 0 saturated carbocycles. The Kier molecular flexibility index (Phi) is 3.70. The van der Waals surface area contributed by atoms with Crippen molar-refractivity contribution < 1.29 is 4.79 Å². The lowest BCUT2D eigenvalue weighted by atomic mass is 10.2. The van der Waals surface area contributed by atoms with Crippen LogP contribution in [0.15, 0.2) is 54.6 Å². The first kappa shape index (κ1) is 14.0. The fourth-order valence-electron chi connectivity index (χ4n) is 2.09. The normalized spacial score (nSPS) is 10.5. The Labute approximate surface area is 128 Å². The predicted molar refractivity (Wildman–Crippen MR) is 85.2 cm³/mol. The number of anilines is 1. The van der Waals surface area contributed by atoms with Crippen molar-refractivity contribution in [3.63, 3.8) is 0 Å². The number of benzene rings is 2. The lowest BCUT2D eigenvalue weighted by Crippen LogP contribution is -2.14. The lowest BCUT2D eigenvalue weighted by Gasteiger charge is -2.03. The summed E-state index contributed by atoms with van der Waals surface area (Å²) in [6.07, 6.45) is 0. The molecule has 0 unspecified atom stereocenters. The van der Waals surface area contributed by atoms with Crippen LogP contribution in [-0.4, -0.2) is 20.9 Å². The van der Waals surface area contributed by atoms with Gasteiger partial charge in [-0.3, -0.25) is 4.79 Å². The van der Waals surface area contributed by atoms with Crippen molar-refractivity contribution >= 4 is 11.6 Å². The van der Waals surface area contributed by atoms with Gasteiger partial charge < -0.3 is 5.32 Å². The van der Waals surface area contributed by atoms with Crippen molar-refractivity contribution in [3.05, 3.63) is 71.5 Å². The number of amides is 1. The van der Waals surface area contributed by atoms with Crippen molar-refractivity contribution in [3.8, 4) is 5.69 Å². The molecule has 0 atom stereocenters. The second-order valence-corrected chi connectivity index (χ2v) is 5.08. The molecule has 5 heteroatoms. The fraction of sp³-hybridized carbons (Fsp3) is 0.118. The smallest absolute Gasteiger partial charge is 0.278 e. The zero-order chi connectivity index (χ0) is 15.5. The van der Waals surface area contributed by atoms with Crippen molar-refractivity contribution in [2.24, 2.45) is 0 Å². The molecule has 1 aromatic heterocycles. The highest BCUT2D eigenvalue weighted by Crippen LogP contribution is 2.12. The summed E-state index contributed by atoms with van der Waals surface area (Å²) in [5, 5.41) is 11.4. The third-order valence-corrected chi connectivity index (χ3v) is 3.29. The molecule has 0 spiro atoms. The molecule has 110 valence electrons. The quantitative estimate of drug-likeness (QED) is 0.806. The van der Waals surface area contributed by atoms with Gasteiger partial charge in [0.25, 0.3) is 5.91 Å². The summed E-state index contributed by atoms with van der Waals surface area (Å²) in [6, 6.07) is 17.1. The Bertz CT molecular complexity index is 791. The molecule has 1 amide bonds. The zero-order valence-corrected chi connectivity index (χ0v) is 12.4. The van der Waals surface area contributed by atoms with Crippen LogP contribution in [-0.2, 0) is 0 Å². The van der Waals surface area contributed by atoms with Gasteiger partial charge in [0.2, 0.25) is 0 Å². The highest BCUT2D eigenvalue weighted by molar-refractivity contribution is 6.03. The molecule has 0 aliphatic rings. The van der Waals surface area contributed by atoms with Gasteiger partial charge in [-0.15, -0.1) is 5.10 Å². The number of nitrogens with one attached hydrogen (secondary N) is 1. The van der Waals surface area contributed by atoms with Crippen LogP contribution < -0.4 is 5.32 Å². The number of carbonyl (C=O) groups is 1. The van der Waals surface area contributed by atoms with Gasteiger partial charge in [0, 0.05) is 5.69 Å². The van der Waals surface area contributed by atoms with E-state index < -0.39 is 0 Å². The SMILES string of the molecule is Cc1ccc(NC(=O)c2nn(-c3ccccc3)nc2C)cc1. The maximum atomic E-state index is 12.3. The second-order valence-electron chi connectivity index (χ2n) is 5.08. The molecule has 3 rings (SSSR count). The van der Waals surface area contributed by atoms with Crippen LogP contribution in [0.2, 0.25) is 0 Å². The average Bonchev–Trinajstić information content (AvgIpc) is 2.92. The summed E-state index contributed by atoms with van der Waals surface area (Å²) in [5.41, 5.74) is 3.62. The van der Waals surface area contributed by atoms with Crippen LogP contribution in [0.5, 0.6) is 0 Å². The van der Waals surface area contributed by atoms with Gasteiger partial charge in [-0.05, 0) is 38.1 Å². The molecule has 0 aliphatic carbocycles. The topological polar surface area (TPSA) is 59.8 Å². The molecule has 1 heterocycles. The summed E-state index contributed by atoms with van der Waals surface area (Å²) in [5.74, 6) is -0.261. The molecule has 22 heavy (non-hydrogen) atoms. The predicted octanol–water partition coefficient (Wildman–Crippen LogP) is 3.14. The van der Waals surface area contributed by atoms with Gasteiger partial charge in [0.1, 0.15) is 0 Å². The van der Waals surface area contributed by atoms with Crippen molar-refractivity contribution in [1.29, 1.82) is 0 Å². The molecule has 0 fully saturated rings. The number of hydrogen-bond acceptors (Lipinski definition) is 3. The molecule has 1 N–H and O–H groups in total. The van der Waals surface area contributed by atoms with E-state index in [-0.39, 0.29) is 5.91 Å². The van der Waals surface area contributed by atoms with E-state index in [0.717, 1.165) is 16.9 Å². The first-order valence-corrected chi connectivity index (χ1v) is 7.01. The summed E-state index contributed by atoms with van der Waals surface area (Å²) < 4.78 is 0. The molecule has 0 saturated heterocycles. The van der Waals surface area contributed by atoms with E-state index in [1.165, 1.54) is 4.80 Å². The molecule has 0 bridgehead atoms. The Morgan fingerprint density at radius 3 is 2.32 bits per heavy atom. The Hall–Kier alpha value is -2.95. The van der Waals surface area contributed by atoms with Crippen molar-refractivity contribution in [2.45, 2.75) is 13.8 Å². The fourth-order valence-corrected chi connectivity index (χ4v) is 2.09. The van der Waals surface area contributed by atoms with Gasteiger partial charge >= 0.3 is 0 Å². The van der Waals surface area contributed by atoms with E-state index in [2.05, 4.69) is 15.5 Å². The number of aryl methyl sites for hydroxylation is 2. The minimum absolute atomic E-state index is 0.261. The van der Waals surface area contributed by atoms with E-state index >= 15 is 0 Å². The van der Waals surface area contributed by atoms with E-state index in [4.69, 9.17) is 0 Å². The number of aromatic nitrogens is 3. The number of nitrogens with zero attached hydrogens (tertiary/aromatic N) is 3. The molecular weight excluding hydrogens is 276 g/mol. The number of para-hydroxylation sites is 1. The summed E-state index contributed by atoms with van der Waals surface area (Å²) in [4.78, 5) is 13.8. The monoisotopic (exact) mass is 292 g/mol. The number of hydrogen-bond donors (Lipinski definition) is 1. The van der Waals surface area contributed by atoms with Crippen LogP contribution in [0, 0.1) is 13.8 Å². The standard InChI is InChI=1S/C17H16N4O/c1-12-8-10-14(11-9-12)18-17(22)16-13(2)19-21(20-16)15-6-4-3-5-7-15/h3-11H,1-2H3,(H,18,22). The first-order chi connectivity index (χ1) is 10.6. The van der Waals surface area contributed by atoms with Gasteiger partial charge in [-0.2, -0.15) is 9.90 Å². The number of carbonyl (C=O) groups excluding carboxylic acids is 1. The van der Waals surface area contributed by atoms with Crippen LogP contribution in [0.25, 0.3) is 5.69 Å². The molecule has 5 nitrogen and oxygen atoms in total. The third kappa shape index (κ3) is 2.88. The van der Waals surface area contributed by atoms with Crippen molar-refractivity contribution in [2.75, 3.05) is 5.32 Å². The Balaban J connectivity index is 1.84. The van der Waals surface area contributed by atoms with Gasteiger partial charge in [-0.1, -0.05) is 35.9 Å². The lowest BCUT2D eigenvalue weighted by molar-refractivity contribution is 0.102. The second kappa shape index (κ2) is 5.81. The van der Waals surface area contributed by atoms with E-state index in [1.54, 1.807) is 6.92 Å². The number of rotatable bonds is 3. The van der Waals surface area contributed by atoms with E-state index in [0.29, 0.717) is 11.4 Å². The first-order valence-electron chi connectivity index (χ1n) is 7.01. The molecule has 0 aliphatic heterocycles. The third-order valence-electron chi connectivity index (χ3n) is 3.29. The van der Waals surface area contributed by atoms with E-state index in [9.17, 15) is 4.79 Å². The average molecular weight is 292 g/mol. The minimum atomic E-state index is -0.261. The van der Waals surface area contributed by atoms with Gasteiger partial charge in [0.05, 0.1) is 11.4 Å². The molecule has 0 radical (unpaired) electrons. The van der Waals surface area contributed by atoms with Crippen LogP contribution in [0.1, 0.15) is 21.7 Å². The minimum Gasteiger partial charge on any atom is -0.321 e. The highest BCUT2D eigenvalue weighted by atomic mass is 16.2. The maximum Gasteiger partial charge on any atom is 0.278 e. The summed E-state index contributed by atoms with van der Waals surface area (Å²) in [6.45, 7) is 3.78. The Morgan fingerprint density at radius 2 is 1.64 bits per heavy atom. The van der Waals surface area contributed by atoms with Crippen LogP contribution >= 0.6 is 0 Å². The molecule has 3 aromatic rings. The largest absolute Gasteiger partial charge is 0.321 e. The molecular formula is C17H16N4O. The summed E-state index contributed by atoms with van der Waals surface area (Å²) >= 11 is 0. The zero-order valence-electron chi connectivity index (χ0n) is 12.4.